The number of carbonyl (C=O) groups excluding carboxylic acids is 1. The molecule has 1 amide bonds. The van der Waals surface area contributed by atoms with Gasteiger partial charge >= 0.3 is 5.97 Å². The van der Waals surface area contributed by atoms with Crippen LogP contribution in [0.2, 0.25) is 5.02 Å². The summed E-state index contributed by atoms with van der Waals surface area (Å²) >= 11 is 5.83. The van der Waals surface area contributed by atoms with E-state index in [2.05, 4.69) is 5.32 Å². The lowest BCUT2D eigenvalue weighted by atomic mass is 10.2. The van der Waals surface area contributed by atoms with Crippen LogP contribution in [0.15, 0.2) is 28.7 Å². The van der Waals surface area contributed by atoms with Gasteiger partial charge in [-0.25, -0.2) is 4.79 Å². The molecular formula is C14H12ClNO4. The molecule has 0 bridgehead atoms. The molecule has 6 heteroatoms. The zero-order valence-electron chi connectivity index (χ0n) is 10.9. The van der Waals surface area contributed by atoms with Gasteiger partial charge < -0.3 is 14.8 Å². The normalized spacial score (nSPS) is 10.3. The van der Waals surface area contributed by atoms with E-state index in [0.29, 0.717) is 22.8 Å². The van der Waals surface area contributed by atoms with Crippen LogP contribution in [0.3, 0.4) is 0 Å². The van der Waals surface area contributed by atoms with Crippen LogP contribution in [-0.2, 0) is 0 Å². The average Bonchev–Trinajstić information content (AvgIpc) is 2.67. The van der Waals surface area contributed by atoms with Gasteiger partial charge in [-0.3, -0.25) is 4.79 Å². The van der Waals surface area contributed by atoms with Crippen LogP contribution in [-0.4, -0.2) is 17.0 Å². The van der Waals surface area contributed by atoms with Crippen LogP contribution >= 0.6 is 11.6 Å². The van der Waals surface area contributed by atoms with Gasteiger partial charge in [-0.2, -0.15) is 0 Å². The summed E-state index contributed by atoms with van der Waals surface area (Å²) in [5.41, 5.74) is 0.727. The first-order valence-corrected chi connectivity index (χ1v) is 6.17. The number of hydrogen-bond donors (Lipinski definition) is 2. The van der Waals surface area contributed by atoms with E-state index < -0.39 is 5.97 Å². The first-order valence-electron chi connectivity index (χ1n) is 5.79. The summed E-state index contributed by atoms with van der Waals surface area (Å²) in [4.78, 5) is 23.0. The van der Waals surface area contributed by atoms with E-state index in [4.69, 9.17) is 21.1 Å². The van der Waals surface area contributed by atoms with E-state index in [9.17, 15) is 9.59 Å². The number of amides is 1. The van der Waals surface area contributed by atoms with Gasteiger partial charge in [-0.1, -0.05) is 11.6 Å². The Morgan fingerprint density at radius 1 is 1.20 bits per heavy atom. The lowest BCUT2D eigenvalue weighted by molar-refractivity contribution is 0.0696. The molecule has 1 heterocycles. The highest BCUT2D eigenvalue weighted by Crippen LogP contribution is 2.21. The summed E-state index contributed by atoms with van der Waals surface area (Å²) in [6.45, 7) is 3.42. The Morgan fingerprint density at radius 2 is 1.90 bits per heavy atom. The number of benzene rings is 1. The molecule has 0 fully saturated rings. The fraction of sp³-hybridized carbons (Fsp3) is 0.143. The van der Waals surface area contributed by atoms with Crippen LogP contribution in [0.5, 0.6) is 0 Å². The van der Waals surface area contributed by atoms with Gasteiger partial charge in [0, 0.05) is 10.7 Å². The first kappa shape index (κ1) is 14.1. The highest BCUT2D eigenvalue weighted by molar-refractivity contribution is 6.31. The molecule has 0 spiro atoms. The van der Waals surface area contributed by atoms with Gasteiger partial charge in [-0.05, 0) is 38.1 Å². The number of aryl methyl sites for hydroxylation is 2. The number of carboxylic acids is 1. The molecule has 1 aromatic carbocycles. The van der Waals surface area contributed by atoms with E-state index in [1.807, 2.05) is 0 Å². The van der Waals surface area contributed by atoms with Crippen molar-refractivity contribution in [2.24, 2.45) is 0 Å². The second-order valence-electron chi connectivity index (χ2n) is 4.31. The molecule has 0 aliphatic rings. The number of anilines is 1. The van der Waals surface area contributed by atoms with Crippen molar-refractivity contribution in [1.29, 1.82) is 0 Å². The third kappa shape index (κ3) is 3.00. The topological polar surface area (TPSA) is 79.5 Å². The van der Waals surface area contributed by atoms with Gasteiger partial charge in [-0.15, -0.1) is 0 Å². The number of aromatic carboxylic acids is 1. The van der Waals surface area contributed by atoms with Crippen molar-refractivity contribution in [2.45, 2.75) is 13.8 Å². The molecule has 0 aliphatic carbocycles. The molecule has 20 heavy (non-hydrogen) atoms. The summed E-state index contributed by atoms with van der Waals surface area (Å²) in [6, 6.07) is 5.75. The molecule has 0 saturated carbocycles. The van der Waals surface area contributed by atoms with Gasteiger partial charge in [0.25, 0.3) is 5.91 Å². The zero-order valence-corrected chi connectivity index (χ0v) is 11.6. The molecule has 5 nitrogen and oxygen atoms in total. The molecular weight excluding hydrogens is 282 g/mol. The zero-order chi connectivity index (χ0) is 14.9. The highest BCUT2D eigenvalue weighted by atomic mass is 35.5. The van der Waals surface area contributed by atoms with Gasteiger partial charge in [0.05, 0.1) is 11.1 Å². The van der Waals surface area contributed by atoms with E-state index in [-0.39, 0.29) is 16.5 Å². The van der Waals surface area contributed by atoms with E-state index in [1.54, 1.807) is 19.9 Å². The van der Waals surface area contributed by atoms with E-state index in [1.165, 1.54) is 18.2 Å². The van der Waals surface area contributed by atoms with Crippen molar-refractivity contribution in [3.63, 3.8) is 0 Å². The first-order chi connectivity index (χ1) is 9.36. The molecule has 2 N–H and O–H groups in total. The minimum atomic E-state index is -1.11. The maximum atomic E-state index is 12.1. The molecule has 0 atom stereocenters. The van der Waals surface area contributed by atoms with E-state index in [0.717, 1.165) is 0 Å². The second-order valence-corrected chi connectivity index (χ2v) is 4.75. The summed E-state index contributed by atoms with van der Waals surface area (Å²) in [5, 5.41) is 11.8. The average molecular weight is 294 g/mol. The molecule has 2 rings (SSSR count). The highest BCUT2D eigenvalue weighted by Gasteiger charge is 2.15. The predicted octanol–water partition coefficient (Wildman–Crippen LogP) is 3.50. The third-order valence-corrected chi connectivity index (χ3v) is 2.91. The van der Waals surface area contributed by atoms with Crippen molar-refractivity contribution in [1.82, 2.24) is 0 Å². The van der Waals surface area contributed by atoms with Crippen molar-refractivity contribution in [2.75, 3.05) is 5.32 Å². The molecule has 0 unspecified atom stereocenters. The maximum absolute atomic E-state index is 12.1. The van der Waals surface area contributed by atoms with Crippen LogP contribution in [0.25, 0.3) is 0 Å². The van der Waals surface area contributed by atoms with Gasteiger partial charge in [0.2, 0.25) is 0 Å². The Kier molecular flexibility index (Phi) is 3.81. The Balaban J connectivity index is 2.28. The van der Waals surface area contributed by atoms with Crippen molar-refractivity contribution < 1.29 is 19.1 Å². The van der Waals surface area contributed by atoms with Crippen molar-refractivity contribution >= 4 is 29.2 Å². The lowest BCUT2D eigenvalue weighted by Crippen LogP contribution is -2.12. The smallest absolute Gasteiger partial charge is 0.335 e. The number of furan rings is 1. The van der Waals surface area contributed by atoms with Crippen LogP contribution < -0.4 is 5.32 Å². The SMILES string of the molecule is Cc1cc(C(=O)Nc2cc(Cl)cc(C(=O)O)c2)c(C)o1. The quantitative estimate of drug-likeness (QED) is 0.907. The third-order valence-electron chi connectivity index (χ3n) is 2.69. The fourth-order valence-corrected chi connectivity index (χ4v) is 2.08. The number of hydrogen-bond acceptors (Lipinski definition) is 3. The molecule has 2 aromatic rings. The molecule has 0 saturated heterocycles. The number of rotatable bonds is 3. The predicted molar refractivity (Wildman–Crippen MR) is 74.5 cm³/mol. The summed E-state index contributed by atoms with van der Waals surface area (Å²) in [7, 11) is 0. The summed E-state index contributed by atoms with van der Waals surface area (Å²) in [5.74, 6) is -0.359. The maximum Gasteiger partial charge on any atom is 0.335 e. The van der Waals surface area contributed by atoms with Crippen LogP contribution in [0, 0.1) is 13.8 Å². The fourth-order valence-electron chi connectivity index (χ4n) is 1.84. The Bertz CT molecular complexity index is 690. The van der Waals surface area contributed by atoms with Gasteiger partial charge in [0.1, 0.15) is 11.5 Å². The second kappa shape index (κ2) is 5.38. The van der Waals surface area contributed by atoms with Gasteiger partial charge in [0.15, 0.2) is 0 Å². The van der Waals surface area contributed by atoms with Crippen LogP contribution in [0.1, 0.15) is 32.2 Å². The number of carboxylic acid groups (broad SMARTS) is 1. The molecule has 1 aromatic heterocycles. The largest absolute Gasteiger partial charge is 0.478 e. The number of nitrogens with one attached hydrogen (secondary N) is 1. The Morgan fingerprint density at radius 3 is 2.45 bits per heavy atom. The standard InChI is InChI=1S/C14H12ClNO4/c1-7-3-12(8(2)20-7)13(17)16-11-5-9(14(18)19)4-10(15)6-11/h3-6H,1-2H3,(H,16,17)(H,18,19). The van der Waals surface area contributed by atoms with Crippen molar-refractivity contribution in [3.8, 4) is 0 Å². The minimum absolute atomic E-state index is 0.00731. The van der Waals surface area contributed by atoms with Crippen LogP contribution in [0.4, 0.5) is 5.69 Å². The van der Waals surface area contributed by atoms with E-state index >= 15 is 0 Å². The number of halogens is 1. The summed E-state index contributed by atoms with van der Waals surface area (Å²) < 4.78 is 5.28. The Labute approximate surface area is 120 Å². The lowest BCUT2D eigenvalue weighted by Gasteiger charge is -2.06. The molecule has 104 valence electrons. The molecule has 0 radical (unpaired) electrons. The molecule has 0 aliphatic heterocycles. The monoisotopic (exact) mass is 293 g/mol. The Hall–Kier alpha value is -2.27. The number of carbonyl (C=O) groups is 2. The summed E-state index contributed by atoms with van der Waals surface area (Å²) in [6.07, 6.45) is 0. The minimum Gasteiger partial charge on any atom is -0.478 e. The van der Waals surface area contributed by atoms with Crippen molar-refractivity contribution in [3.05, 3.63) is 51.9 Å².